The van der Waals surface area contributed by atoms with E-state index >= 15 is 0 Å². The van der Waals surface area contributed by atoms with E-state index in [0.29, 0.717) is 12.2 Å². The Bertz CT molecular complexity index is 501. The van der Waals surface area contributed by atoms with Gasteiger partial charge in [0, 0.05) is 5.57 Å². The highest BCUT2D eigenvalue weighted by Gasteiger charge is 2.36. The Morgan fingerprint density at radius 2 is 2.06 bits per heavy atom. The molecule has 0 saturated carbocycles. The fraction of sp³-hybridized carbons (Fsp3) is 0.357. The van der Waals surface area contributed by atoms with Gasteiger partial charge in [-0.05, 0) is 30.5 Å². The Labute approximate surface area is 105 Å². The summed E-state index contributed by atoms with van der Waals surface area (Å²) in [7, 11) is 1.62. The van der Waals surface area contributed by atoms with Crippen LogP contribution in [0.25, 0.3) is 5.57 Å². The highest BCUT2D eigenvalue weighted by Crippen LogP contribution is 2.36. The minimum absolute atomic E-state index is 0.290. The maximum Gasteiger partial charge on any atom is 0.341 e. The van der Waals surface area contributed by atoms with Crippen LogP contribution in [0.15, 0.2) is 29.8 Å². The topological polar surface area (TPSA) is 44.8 Å². The fourth-order valence-electron chi connectivity index (χ4n) is 2.37. The van der Waals surface area contributed by atoms with Crippen molar-refractivity contribution < 1.29 is 19.0 Å². The Morgan fingerprint density at radius 3 is 2.78 bits per heavy atom. The Hall–Kier alpha value is -1.81. The van der Waals surface area contributed by atoms with Crippen molar-refractivity contribution in [2.75, 3.05) is 13.7 Å². The highest BCUT2D eigenvalue weighted by atomic mass is 16.7. The summed E-state index contributed by atoms with van der Waals surface area (Å²) in [5.41, 5.74) is 2.49. The molecule has 0 aromatic heterocycles. The number of hydrogen-bond donors (Lipinski definition) is 0. The molecule has 0 N–H and O–H groups in total. The molecule has 18 heavy (non-hydrogen) atoms. The third-order valence-electron chi connectivity index (χ3n) is 3.26. The van der Waals surface area contributed by atoms with E-state index in [1.807, 2.05) is 24.3 Å². The molecule has 2 aliphatic rings. The lowest BCUT2D eigenvalue weighted by atomic mass is 9.97. The van der Waals surface area contributed by atoms with E-state index in [2.05, 4.69) is 0 Å². The molecule has 4 nitrogen and oxygen atoms in total. The number of rotatable bonds is 2. The van der Waals surface area contributed by atoms with Gasteiger partial charge in [-0.25, -0.2) is 4.79 Å². The zero-order chi connectivity index (χ0) is 12.5. The van der Waals surface area contributed by atoms with Crippen molar-refractivity contribution in [3.63, 3.8) is 0 Å². The van der Waals surface area contributed by atoms with E-state index in [-0.39, 0.29) is 5.97 Å². The SMILES string of the molecule is COc1ccc(C2=C3CCCOC3OC2=O)cc1. The summed E-state index contributed by atoms with van der Waals surface area (Å²) in [6, 6.07) is 7.43. The summed E-state index contributed by atoms with van der Waals surface area (Å²) >= 11 is 0. The van der Waals surface area contributed by atoms with Crippen molar-refractivity contribution in [1.82, 2.24) is 0 Å². The molecule has 1 fully saturated rings. The van der Waals surface area contributed by atoms with Gasteiger partial charge in [0.05, 0.1) is 19.3 Å². The Balaban J connectivity index is 2.00. The average molecular weight is 246 g/mol. The molecule has 0 spiro atoms. The molecule has 0 bridgehead atoms. The maximum atomic E-state index is 11.9. The number of methoxy groups -OCH3 is 1. The summed E-state index contributed by atoms with van der Waals surface area (Å²) < 4.78 is 15.8. The molecule has 4 heteroatoms. The van der Waals surface area contributed by atoms with E-state index in [0.717, 1.165) is 29.7 Å². The lowest BCUT2D eigenvalue weighted by Gasteiger charge is -2.19. The van der Waals surface area contributed by atoms with Crippen LogP contribution in [0, 0.1) is 0 Å². The Morgan fingerprint density at radius 1 is 1.28 bits per heavy atom. The fourth-order valence-corrected chi connectivity index (χ4v) is 2.37. The van der Waals surface area contributed by atoms with Crippen molar-refractivity contribution in [1.29, 1.82) is 0 Å². The summed E-state index contributed by atoms with van der Waals surface area (Å²) in [5, 5.41) is 0. The minimum Gasteiger partial charge on any atom is -0.497 e. The minimum atomic E-state index is -0.469. The molecule has 1 atom stereocenters. The molecule has 0 radical (unpaired) electrons. The number of benzene rings is 1. The van der Waals surface area contributed by atoms with Crippen LogP contribution >= 0.6 is 0 Å². The normalized spacial score (nSPS) is 22.7. The van der Waals surface area contributed by atoms with E-state index in [1.165, 1.54) is 0 Å². The summed E-state index contributed by atoms with van der Waals surface area (Å²) in [6.45, 7) is 0.650. The first-order chi connectivity index (χ1) is 8.79. The molecule has 2 heterocycles. The molecule has 0 aliphatic carbocycles. The van der Waals surface area contributed by atoms with Gasteiger partial charge in [-0.3, -0.25) is 0 Å². The molecule has 3 rings (SSSR count). The Kier molecular flexibility index (Phi) is 2.80. The zero-order valence-corrected chi connectivity index (χ0v) is 10.1. The van der Waals surface area contributed by atoms with Gasteiger partial charge in [-0.2, -0.15) is 0 Å². The number of fused-ring (bicyclic) bond motifs is 1. The molecule has 1 aromatic carbocycles. The molecule has 1 aromatic rings. The van der Waals surface area contributed by atoms with Crippen molar-refractivity contribution >= 4 is 11.5 Å². The molecular formula is C14H14O4. The first-order valence-electron chi connectivity index (χ1n) is 5.99. The van der Waals surface area contributed by atoms with Crippen LogP contribution in [-0.2, 0) is 14.3 Å². The monoisotopic (exact) mass is 246 g/mol. The number of hydrogen-bond acceptors (Lipinski definition) is 4. The predicted molar refractivity (Wildman–Crippen MR) is 65.0 cm³/mol. The third-order valence-corrected chi connectivity index (χ3v) is 3.26. The van der Waals surface area contributed by atoms with Crippen molar-refractivity contribution in [3.05, 3.63) is 35.4 Å². The summed E-state index contributed by atoms with van der Waals surface area (Å²) in [6.07, 6.45) is 1.32. The van der Waals surface area contributed by atoms with Crippen LogP contribution in [0.4, 0.5) is 0 Å². The van der Waals surface area contributed by atoms with Crippen LogP contribution in [0.2, 0.25) is 0 Å². The van der Waals surface area contributed by atoms with Gasteiger partial charge in [-0.1, -0.05) is 12.1 Å². The van der Waals surface area contributed by atoms with Crippen LogP contribution in [0.1, 0.15) is 18.4 Å². The van der Waals surface area contributed by atoms with Crippen molar-refractivity contribution in [3.8, 4) is 5.75 Å². The first-order valence-corrected chi connectivity index (χ1v) is 5.99. The van der Waals surface area contributed by atoms with Gasteiger partial charge in [-0.15, -0.1) is 0 Å². The number of carbonyl (C=O) groups excluding carboxylic acids is 1. The first kappa shape index (κ1) is 11.3. The third kappa shape index (κ3) is 1.78. The lowest BCUT2D eigenvalue weighted by Crippen LogP contribution is -2.21. The molecule has 0 amide bonds. The van der Waals surface area contributed by atoms with Crippen LogP contribution in [0.5, 0.6) is 5.75 Å². The van der Waals surface area contributed by atoms with Gasteiger partial charge < -0.3 is 14.2 Å². The molecule has 2 aliphatic heterocycles. The van der Waals surface area contributed by atoms with E-state index in [9.17, 15) is 4.79 Å². The second kappa shape index (κ2) is 4.46. The maximum absolute atomic E-state index is 11.9. The molecule has 94 valence electrons. The average Bonchev–Trinajstić information content (AvgIpc) is 2.75. The number of ether oxygens (including phenoxy) is 3. The second-order valence-corrected chi connectivity index (χ2v) is 4.34. The molecular weight excluding hydrogens is 232 g/mol. The highest BCUT2D eigenvalue weighted by molar-refractivity contribution is 6.19. The largest absolute Gasteiger partial charge is 0.497 e. The number of esters is 1. The standard InChI is InChI=1S/C14H14O4/c1-16-10-6-4-9(5-7-10)12-11-3-2-8-17-14(11)18-13(12)15/h4-7,14H,2-3,8H2,1H3. The van der Waals surface area contributed by atoms with Crippen LogP contribution in [0.3, 0.4) is 0 Å². The van der Waals surface area contributed by atoms with Crippen molar-refractivity contribution in [2.45, 2.75) is 19.1 Å². The second-order valence-electron chi connectivity index (χ2n) is 4.34. The zero-order valence-electron chi connectivity index (χ0n) is 10.1. The molecule has 1 unspecified atom stereocenters. The summed E-state index contributed by atoms with van der Waals surface area (Å²) in [4.78, 5) is 11.9. The molecule has 1 saturated heterocycles. The lowest BCUT2D eigenvalue weighted by molar-refractivity contribution is -0.161. The van der Waals surface area contributed by atoms with E-state index in [1.54, 1.807) is 7.11 Å². The smallest absolute Gasteiger partial charge is 0.341 e. The van der Waals surface area contributed by atoms with Crippen LogP contribution < -0.4 is 4.74 Å². The van der Waals surface area contributed by atoms with Gasteiger partial charge in [0.1, 0.15) is 5.75 Å². The van der Waals surface area contributed by atoms with Crippen molar-refractivity contribution in [2.24, 2.45) is 0 Å². The van der Waals surface area contributed by atoms with Gasteiger partial charge in [0.2, 0.25) is 6.29 Å². The number of carbonyl (C=O) groups is 1. The predicted octanol–water partition coefficient (Wildman–Crippen LogP) is 2.14. The quantitative estimate of drug-likeness (QED) is 0.750. The van der Waals surface area contributed by atoms with Crippen LogP contribution in [-0.4, -0.2) is 26.0 Å². The van der Waals surface area contributed by atoms with Gasteiger partial charge >= 0.3 is 5.97 Å². The van der Waals surface area contributed by atoms with Gasteiger partial charge in [0.25, 0.3) is 0 Å². The van der Waals surface area contributed by atoms with E-state index < -0.39 is 6.29 Å². The summed E-state index contributed by atoms with van der Waals surface area (Å²) in [5.74, 6) is 0.481. The van der Waals surface area contributed by atoms with Gasteiger partial charge in [0.15, 0.2) is 0 Å². The van der Waals surface area contributed by atoms with E-state index in [4.69, 9.17) is 14.2 Å².